The molecule has 1 heterocycles. The summed E-state index contributed by atoms with van der Waals surface area (Å²) in [5, 5.41) is 6.06. The van der Waals surface area contributed by atoms with Crippen molar-refractivity contribution in [1.29, 1.82) is 0 Å². The van der Waals surface area contributed by atoms with Crippen LogP contribution >= 0.6 is 0 Å². The van der Waals surface area contributed by atoms with Crippen LogP contribution in [0.2, 0.25) is 0 Å². The molecule has 1 aromatic carbocycles. The van der Waals surface area contributed by atoms with E-state index in [0.717, 1.165) is 11.4 Å². The predicted molar refractivity (Wildman–Crippen MR) is 76.3 cm³/mol. The van der Waals surface area contributed by atoms with E-state index >= 15 is 0 Å². The van der Waals surface area contributed by atoms with E-state index in [-0.39, 0.29) is 5.91 Å². The summed E-state index contributed by atoms with van der Waals surface area (Å²) in [6, 6.07) is 10.3. The molecule has 1 amide bonds. The highest BCUT2D eigenvalue weighted by Gasteiger charge is 2.21. The molecule has 2 aromatic rings. The number of amides is 1. The van der Waals surface area contributed by atoms with Crippen molar-refractivity contribution in [3.63, 3.8) is 0 Å². The van der Waals surface area contributed by atoms with Gasteiger partial charge in [-0.1, -0.05) is 30.3 Å². The molecule has 5 nitrogen and oxygen atoms in total. The summed E-state index contributed by atoms with van der Waals surface area (Å²) in [6.45, 7) is 0.490. The number of nitrogens with one attached hydrogen (secondary N) is 2. The number of hydrogen-bond acceptors (Lipinski definition) is 4. The van der Waals surface area contributed by atoms with Crippen LogP contribution in [0, 0.1) is 0 Å². The van der Waals surface area contributed by atoms with E-state index in [0.29, 0.717) is 18.3 Å². The SMILES string of the molecule is O=C(NCc1ccccc1)c1cnc(NC2CC2)cn1. The van der Waals surface area contributed by atoms with Crippen LogP contribution in [0.25, 0.3) is 0 Å². The molecule has 0 atom stereocenters. The number of benzene rings is 1. The lowest BCUT2D eigenvalue weighted by Gasteiger charge is -2.06. The maximum atomic E-state index is 11.9. The van der Waals surface area contributed by atoms with Crippen molar-refractivity contribution in [1.82, 2.24) is 15.3 Å². The molecule has 0 spiro atoms. The summed E-state index contributed by atoms with van der Waals surface area (Å²) >= 11 is 0. The monoisotopic (exact) mass is 268 g/mol. The van der Waals surface area contributed by atoms with E-state index in [4.69, 9.17) is 0 Å². The minimum Gasteiger partial charge on any atom is -0.366 e. The standard InChI is InChI=1S/C15H16N4O/c20-15(18-8-11-4-2-1-3-5-11)13-9-17-14(10-16-13)19-12-6-7-12/h1-5,9-10,12H,6-8H2,(H,17,19)(H,18,20). The van der Waals surface area contributed by atoms with E-state index in [9.17, 15) is 4.79 Å². The van der Waals surface area contributed by atoms with E-state index < -0.39 is 0 Å². The smallest absolute Gasteiger partial charge is 0.271 e. The van der Waals surface area contributed by atoms with Gasteiger partial charge >= 0.3 is 0 Å². The van der Waals surface area contributed by atoms with Crippen molar-refractivity contribution in [2.75, 3.05) is 5.32 Å². The van der Waals surface area contributed by atoms with Crippen LogP contribution in [0.5, 0.6) is 0 Å². The van der Waals surface area contributed by atoms with Crippen LogP contribution in [0.3, 0.4) is 0 Å². The Hall–Kier alpha value is -2.43. The molecule has 1 aliphatic carbocycles. The molecular formula is C15H16N4O. The summed E-state index contributed by atoms with van der Waals surface area (Å²) in [5.74, 6) is 0.520. The zero-order valence-electron chi connectivity index (χ0n) is 11.0. The van der Waals surface area contributed by atoms with Gasteiger partial charge in [-0.3, -0.25) is 4.79 Å². The van der Waals surface area contributed by atoms with Crippen LogP contribution in [0.4, 0.5) is 5.82 Å². The molecule has 20 heavy (non-hydrogen) atoms. The van der Waals surface area contributed by atoms with Crippen molar-refractivity contribution >= 4 is 11.7 Å². The Balaban J connectivity index is 1.56. The number of carbonyl (C=O) groups is 1. The highest BCUT2D eigenvalue weighted by Crippen LogP contribution is 2.23. The van der Waals surface area contributed by atoms with Gasteiger partial charge in [-0.05, 0) is 18.4 Å². The lowest BCUT2D eigenvalue weighted by Crippen LogP contribution is -2.24. The molecule has 0 radical (unpaired) electrons. The Labute approximate surface area is 117 Å². The minimum absolute atomic E-state index is 0.209. The molecule has 102 valence electrons. The van der Waals surface area contributed by atoms with Crippen LogP contribution in [-0.2, 0) is 6.54 Å². The number of nitrogens with zero attached hydrogens (tertiary/aromatic N) is 2. The molecule has 0 unspecified atom stereocenters. The molecule has 1 saturated carbocycles. The highest BCUT2D eigenvalue weighted by atomic mass is 16.1. The molecule has 1 aromatic heterocycles. The number of anilines is 1. The average molecular weight is 268 g/mol. The third kappa shape index (κ3) is 3.32. The van der Waals surface area contributed by atoms with Gasteiger partial charge in [0.05, 0.1) is 12.4 Å². The Morgan fingerprint density at radius 1 is 1.15 bits per heavy atom. The highest BCUT2D eigenvalue weighted by molar-refractivity contribution is 5.91. The fourth-order valence-electron chi connectivity index (χ4n) is 1.83. The summed E-state index contributed by atoms with van der Waals surface area (Å²) in [6.07, 6.45) is 5.47. The lowest BCUT2D eigenvalue weighted by atomic mass is 10.2. The molecule has 2 N–H and O–H groups in total. The Bertz CT molecular complexity index is 579. The van der Waals surface area contributed by atoms with Gasteiger partial charge in [0.25, 0.3) is 5.91 Å². The Morgan fingerprint density at radius 2 is 1.95 bits per heavy atom. The minimum atomic E-state index is -0.209. The zero-order valence-corrected chi connectivity index (χ0v) is 11.0. The first kappa shape index (κ1) is 12.6. The summed E-state index contributed by atoms with van der Waals surface area (Å²) in [7, 11) is 0. The van der Waals surface area contributed by atoms with Crippen LogP contribution < -0.4 is 10.6 Å². The van der Waals surface area contributed by atoms with Gasteiger partial charge in [0.15, 0.2) is 0 Å². The van der Waals surface area contributed by atoms with E-state index in [1.165, 1.54) is 19.0 Å². The molecule has 1 aliphatic rings. The van der Waals surface area contributed by atoms with Gasteiger partial charge in [0, 0.05) is 12.6 Å². The first-order valence-corrected chi connectivity index (χ1v) is 6.72. The van der Waals surface area contributed by atoms with E-state index in [1.54, 1.807) is 6.20 Å². The third-order valence-electron chi connectivity index (χ3n) is 3.11. The Kier molecular flexibility index (Phi) is 3.58. The van der Waals surface area contributed by atoms with Gasteiger partial charge in [-0.25, -0.2) is 9.97 Å². The summed E-state index contributed by atoms with van der Waals surface area (Å²) in [4.78, 5) is 20.3. The number of rotatable bonds is 5. The second-order valence-corrected chi connectivity index (χ2v) is 4.87. The second-order valence-electron chi connectivity index (χ2n) is 4.87. The average Bonchev–Trinajstić information content (AvgIpc) is 3.31. The summed E-state index contributed by atoms with van der Waals surface area (Å²) in [5.41, 5.74) is 1.39. The molecular weight excluding hydrogens is 252 g/mol. The number of carbonyl (C=O) groups excluding carboxylic acids is 1. The van der Waals surface area contributed by atoms with E-state index in [2.05, 4.69) is 20.6 Å². The predicted octanol–water partition coefficient (Wildman–Crippen LogP) is 1.98. The summed E-state index contributed by atoms with van der Waals surface area (Å²) < 4.78 is 0. The second kappa shape index (κ2) is 5.69. The number of aromatic nitrogens is 2. The molecule has 1 fully saturated rings. The van der Waals surface area contributed by atoms with Gasteiger partial charge in [-0.15, -0.1) is 0 Å². The van der Waals surface area contributed by atoms with Crippen LogP contribution in [0.15, 0.2) is 42.7 Å². The molecule has 0 aliphatic heterocycles. The Morgan fingerprint density at radius 3 is 2.60 bits per heavy atom. The van der Waals surface area contributed by atoms with Gasteiger partial charge in [0.2, 0.25) is 0 Å². The fourth-order valence-corrected chi connectivity index (χ4v) is 1.83. The van der Waals surface area contributed by atoms with Crippen LogP contribution in [-0.4, -0.2) is 21.9 Å². The molecule has 0 bridgehead atoms. The quantitative estimate of drug-likeness (QED) is 0.870. The van der Waals surface area contributed by atoms with Crippen molar-refractivity contribution in [2.45, 2.75) is 25.4 Å². The van der Waals surface area contributed by atoms with Crippen molar-refractivity contribution in [2.24, 2.45) is 0 Å². The van der Waals surface area contributed by atoms with Crippen molar-refractivity contribution < 1.29 is 4.79 Å². The van der Waals surface area contributed by atoms with Crippen molar-refractivity contribution in [3.05, 3.63) is 54.0 Å². The largest absolute Gasteiger partial charge is 0.366 e. The first-order chi connectivity index (χ1) is 9.81. The fraction of sp³-hybridized carbons (Fsp3) is 0.267. The topological polar surface area (TPSA) is 66.9 Å². The maximum Gasteiger partial charge on any atom is 0.271 e. The third-order valence-corrected chi connectivity index (χ3v) is 3.11. The maximum absolute atomic E-state index is 11.9. The zero-order chi connectivity index (χ0) is 13.8. The van der Waals surface area contributed by atoms with Crippen LogP contribution in [0.1, 0.15) is 28.9 Å². The van der Waals surface area contributed by atoms with Gasteiger partial charge in [0.1, 0.15) is 11.5 Å². The molecule has 5 heteroatoms. The molecule has 3 rings (SSSR count). The van der Waals surface area contributed by atoms with Gasteiger partial charge < -0.3 is 10.6 Å². The molecule has 0 saturated heterocycles. The lowest BCUT2D eigenvalue weighted by molar-refractivity contribution is 0.0945. The first-order valence-electron chi connectivity index (χ1n) is 6.72. The normalized spacial score (nSPS) is 13.8. The van der Waals surface area contributed by atoms with E-state index in [1.807, 2.05) is 30.3 Å². The number of hydrogen-bond donors (Lipinski definition) is 2. The van der Waals surface area contributed by atoms with Gasteiger partial charge in [-0.2, -0.15) is 0 Å². The van der Waals surface area contributed by atoms with Crippen molar-refractivity contribution in [3.8, 4) is 0 Å².